The molecule has 17 heavy (non-hydrogen) atoms. The first-order chi connectivity index (χ1) is 8.15. The Morgan fingerprint density at radius 1 is 1.29 bits per heavy atom. The molecule has 0 amide bonds. The highest BCUT2D eigenvalue weighted by atomic mass is 79.9. The lowest BCUT2D eigenvalue weighted by atomic mass is 10.1. The molecule has 1 heterocycles. The van der Waals surface area contributed by atoms with Crippen LogP contribution in [0.25, 0.3) is 0 Å². The number of phenols is 1. The maximum atomic E-state index is 9.69. The summed E-state index contributed by atoms with van der Waals surface area (Å²) in [6, 6.07) is 7.77. The van der Waals surface area contributed by atoms with E-state index in [1.165, 1.54) is 10.4 Å². The van der Waals surface area contributed by atoms with Gasteiger partial charge in [-0.05, 0) is 35.0 Å². The second-order valence-corrected chi connectivity index (χ2v) is 5.88. The lowest BCUT2D eigenvalue weighted by Gasteiger charge is -2.06. The molecule has 1 aromatic carbocycles. The Bertz CT molecular complexity index is 510. The van der Waals surface area contributed by atoms with Crippen LogP contribution in [-0.4, -0.2) is 5.11 Å². The molecule has 2 aromatic rings. The molecule has 0 saturated carbocycles. The first kappa shape index (κ1) is 12.6. The zero-order chi connectivity index (χ0) is 12.3. The van der Waals surface area contributed by atoms with Crippen molar-refractivity contribution in [2.24, 2.45) is 0 Å². The average Bonchev–Trinajstić information content (AvgIpc) is 2.69. The molecule has 2 rings (SSSR count). The van der Waals surface area contributed by atoms with Crippen LogP contribution < -0.4 is 5.32 Å². The summed E-state index contributed by atoms with van der Waals surface area (Å²) in [7, 11) is 0. The summed E-state index contributed by atoms with van der Waals surface area (Å²) in [6.45, 7) is 3.53. The van der Waals surface area contributed by atoms with Gasteiger partial charge >= 0.3 is 0 Å². The van der Waals surface area contributed by atoms with Crippen LogP contribution in [0.5, 0.6) is 5.75 Å². The molecular formula is C13H14BrNOS. The van der Waals surface area contributed by atoms with Crippen molar-refractivity contribution >= 4 is 27.3 Å². The number of nitrogens with one attached hydrogen (secondary N) is 1. The van der Waals surface area contributed by atoms with Crippen molar-refractivity contribution in [1.82, 2.24) is 5.32 Å². The summed E-state index contributed by atoms with van der Waals surface area (Å²) in [5.74, 6) is 0.357. The van der Waals surface area contributed by atoms with Crippen molar-refractivity contribution in [3.63, 3.8) is 0 Å². The third kappa shape index (κ3) is 3.56. The molecule has 0 unspecified atom stereocenters. The molecule has 0 atom stereocenters. The van der Waals surface area contributed by atoms with Gasteiger partial charge in [-0.25, -0.2) is 0 Å². The third-order valence-corrected chi connectivity index (χ3v) is 4.17. The zero-order valence-corrected chi connectivity index (χ0v) is 11.9. The van der Waals surface area contributed by atoms with E-state index >= 15 is 0 Å². The predicted octanol–water partition coefficient (Wildman–Crippen LogP) is 3.81. The monoisotopic (exact) mass is 311 g/mol. The van der Waals surface area contributed by atoms with Gasteiger partial charge in [0.1, 0.15) is 5.75 Å². The van der Waals surface area contributed by atoms with Gasteiger partial charge in [-0.1, -0.05) is 17.7 Å². The highest BCUT2D eigenvalue weighted by Gasteiger charge is 2.02. The fourth-order valence-corrected chi connectivity index (χ4v) is 3.04. The maximum Gasteiger partial charge on any atom is 0.120 e. The van der Waals surface area contributed by atoms with Crippen molar-refractivity contribution in [2.45, 2.75) is 20.0 Å². The summed E-state index contributed by atoms with van der Waals surface area (Å²) in [6.07, 6.45) is 0. The van der Waals surface area contributed by atoms with E-state index in [1.807, 2.05) is 19.1 Å². The molecule has 2 nitrogen and oxygen atoms in total. The lowest BCUT2D eigenvalue weighted by molar-refractivity contribution is 0.464. The van der Waals surface area contributed by atoms with Crippen molar-refractivity contribution < 1.29 is 5.11 Å². The van der Waals surface area contributed by atoms with Crippen LogP contribution in [-0.2, 0) is 13.1 Å². The molecular weight excluding hydrogens is 298 g/mol. The van der Waals surface area contributed by atoms with E-state index < -0.39 is 0 Å². The Morgan fingerprint density at radius 2 is 2.12 bits per heavy atom. The smallest absolute Gasteiger partial charge is 0.120 e. The quantitative estimate of drug-likeness (QED) is 0.899. The Balaban J connectivity index is 1.91. The number of rotatable bonds is 4. The van der Waals surface area contributed by atoms with Crippen molar-refractivity contribution in [3.8, 4) is 5.75 Å². The van der Waals surface area contributed by atoms with Gasteiger partial charge < -0.3 is 10.4 Å². The van der Waals surface area contributed by atoms with Crippen molar-refractivity contribution in [1.29, 1.82) is 0 Å². The average molecular weight is 312 g/mol. The molecule has 2 N–H and O–H groups in total. The molecule has 0 aliphatic rings. The molecule has 0 aliphatic carbocycles. The van der Waals surface area contributed by atoms with Crippen LogP contribution in [0, 0.1) is 6.92 Å². The van der Waals surface area contributed by atoms with E-state index in [9.17, 15) is 5.11 Å². The van der Waals surface area contributed by atoms with Crippen LogP contribution >= 0.6 is 27.3 Å². The number of aryl methyl sites for hydroxylation is 1. The van der Waals surface area contributed by atoms with Gasteiger partial charge in [-0.3, -0.25) is 0 Å². The Kier molecular flexibility index (Phi) is 4.20. The molecule has 1 aromatic heterocycles. The number of hydrogen-bond acceptors (Lipinski definition) is 3. The van der Waals surface area contributed by atoms with E-state index in [4.69, 9.17) is 0 Å². The second-order valence-electron chi connectivity index (χ2n) is 3.97. The number of aromatic hydroxyl groups is 1. The van der Waals surface area contributed by atoms with Gasteiger partial charge in [0.05, 0.1) is 0 Å². The van der Waals surface area contributed by atoms with E-state index in [0.29, 0.717) is 12.3 Å². The number of phenolic OH excluding ortho intramolecular Hbond substituents is 1. The fraction of sp³-hybridized carbons (Fsp3) is 0.231. The number of thiophene rings is 1. The van der Waals surface area contributed by atoms with Crippen LogP contribution in [0.4, 0.5) is 0 Å². The SMILES string of the molecule is Cc1ccc(O)c(CNCc2cc(Br)cs2)c1. The normalized spacial score (nSPS) is 10.7. The molecule has 90 valence electrons. The highest BCUT2D eigenvalue weighted by Crippen LogP contribution is 2.20. The molecule has 0 fully saturated rings. The van der Waals surface area contributed by atoms with E-state index in [1.54, 1.807) is 17.4 Å². The fourth-order valence-electron chi connectivity index (χ4n) is 1.62. The Morgan fingerprint density at radius 3 is 2.82 bits per heavy atom. The molecule has 0 aliphatic heterocycles. The second kappa shape index (κ2) is 5.67. The summed E-state index contributed by atoms with van der Waals surface area (Å²) >= 11 is 5.15. The zero-order valence-electron chi connectivity index (χ0n) is 9.53. The van der Waals surface area contributed by atoms with Gasteiger partial charge in [0, 0.05) is 33.4 Å². The first-order valence-corrected chi connectivity index (χ1v) is 7.04. The number of benzene rings is 1. The predicted molar refractivity (Wildman–Crippen MR) is 75.4 cm³/mol. The van der Waals surface area contributed by atoms with Crippen LogP contribution in [0.2, 0.25) is 0 Å². The van der Waals surface area contributed by atoms with Crippen molar-refractivity contribution in [3.05, 3.63) is 50.1 Å². The van der Waals surface area contributed by atoms with Gasteiger partial charge in [-0.2, -0.15) is 0 Å². The summed E-state index contributed by atoms with van der Waals surface area (Å²) in [4.78, 5) is 1.28. The van der Waals surface area contributed by atoms with E-state index in [2.05, 4.69) is 32.7 Å². The van der Waals surface area contributed by atoms with Crippen LogP contribution in [0.1, 0.15) is 16.0 Å². The molecule has 0 spiro atoms. The maximum absolute atomic E-state index is 9.69. The molecule has 0 bridgehead atoms. The number of hydrogen-bond donors (Lipinski definition) is 2. The van der Waals surface area contributed by atoms with E-state index in [0.717, 1.165) is 16.6 Å². The van der Waals surface area contributed by atoms with Gasteiger partial charge in [0.2, 0.25) is 0 Å². The third-order valence-electron chi connectivity index (χ3n) is 2.47. The molecule has 0 radical (unpaired) electrons. The highest BCUT2D eigenvalue weighted by molar-refractivity contribution is 9.10. The summed E-state index contributed by atoms with van der Waals surface area (Å²) in [5, 5.41) is 15.1. The van der Waals surface area contributed by atoms with Gasteiger partial charge in [-0.15, -0.1) is 11.3 Å². The summed E-state index contributed by atoms with van der Waals surface area (Å²) < 4.78 is 1.12. The van der Waals surface area contributed by atoms with Gasteiger partial charge in [0.15, 0.2) is 0 Å². The Hall–Kier alpha value is -0.840. The minimum absolute atomic E-state index is 0.357. The van der Waals surface area contributed by atoms with Crippen molar-refractivity contribution in [2.75, 3.05) is 0 Å². The topological polar surface area (TPSA) is 32.3 Å². The first-order valence-electron chi connectivity index (χ1n) is 5.37. The Labute approximate surface area is 113 Å². The van der Waals surface area contributed by atoms with E-state index in [-0.39, 0.29) is 0 Å². The van der Waals surface area contributed by atoms with Crippen LogP contribution in [0.15, 0.2) is 34.1 Å². The van der Waals surface area contributed by atoms with Crippen LogP contribution in [0.3, 0.4) is 0 Å². The minimum Gasteiger partial charge on any atom is -0.508 e. The molecule has 0 saturated heterocycles. The molecule has 4 heteroatoms. The standard InChI is InChI=1S/C13H14BrNOS/c1-9-2-3-13(16)10(4-9)6-15-7-12-5-11(14)8-17-12/h2-5,8,15-16H,6-7H2,1H3. The summed E-state index contributed by atoms with van der Waals surface area (Å²) in [5.41, 5.74) is 2.11. The number of halogens is 1. The largest absolute Gasteiger partial charge is 0.508 e. The van der Waals surface area contributed by atoms with Gasteiger partial charge in [0.25, 0.3) is 0 Å². The lowest BCUT2D eigenvalue weighted by Crippen LogP contribution is -2.11. The minimum atomic E-state index is 0.357.